The van der Waals surface area contributed by atoms with Gasteiger partial charge in [0.15, 0.2) is 17.5 Å². The van der Waals surface area contributed by atoms with E-state index in [1.807, 2.05) is 26.2 Å². The number of rotatable bonds is 8. The van der Waals surface area contributed by atoms with E-state index in [-0.39, 0.29) is 24.0 Å². The Morgan fingerprint density at radius 1 is 0.933 bits per heavy atom. The molecule has 0 spiro atoms. The van der Waals surface area contributed by atoms with Crippen molar-refractivity contribution in [2.45, 2.75) is 20.0 Å². The number of aryl methyl sites for hydroxylation is 1. The maximum Gasteiger partial charge on any atom is 0.203 e. The van der Waals surface area contributed by atoms with Gasteiger partial charge in [-0.3, -0.25) is 4.99 Å². The van der Waals surface area contributed by atoms with Crippen LogP contribution in [0.15, 0.2) is 35.3 Å². The number of ether oxygens (including phenoxy) is 3. The van der Waals surface area contributed by atoms with Gasteiger partial charge in [-0.25, -0.2) is 0 Å². The molecule has 2 aromatic carbocycles. The fourth-order valence-corrected chi connectivity index (χ4v) is 2.98. The summed E-state index contributed by atoms with van der Waals surface area (Å²) < 4.78 is 16.2. The highest BCUT2D eigenvalue weighted by molar-refractivity contribution is 14.0. The van der Waals surface area contributed by atoms with E-state index < -0.39 is 0 Å². The molecule has 8 heteroatoms. The molecule has 0 aromatic heterocycles. The molecule has 2 N–H and O–H groups in total. The Bertz CT molecular complexity index is 831. The van der Waals surface area contributed by atoms with Gasteiger partial charge in [0.1, 0.15) is 0 Å². The number of halogens is 1. The minimum atomic E-state index is 0. The first-order chi connectivity index (χ1) is 13.9. The number of benzene rings is 2. The second-order valence-electron chi connectivity index (χ2n) is 6.82. The van der Waals surface area contributed by atoms with Crippen LogP contribution in [0.3, 0.4) is 0 Å². The molecule has 2 rings (SSSR count). The van der Waals surface area contributed by atoms with Gasteiger partial charge < -0.3 is 29.7 Å². The zero-order chi connectivity index (χ0) is 21.4. The van der Waals surface area contributed by atoms with Crippen LogP contribution >= 0.6 is 24.0 Å². The van der Waals surface area contributed by atoms with Crippen molar-refractivity contribution < 1.29 is 14.2 Å². The van der Waals surface area contributed by atoms with Crippen LogP contribution in [0.4, 0.5) is 5.69 Å². The number of anilines is 1. The summed E-state index contributed by atoms with van der Waals surface area (Å²) in [6.45, 7) is 3.37. The average molecular weight is 528 g/mol. The third kappa shape index (κ3) is 6.58. The van der Waals surface area contributed by atoms with E-state index in [9.17, 15) is 0 Å². The second kappa shape index (κ2) is 12.4. The van der Waals surface area contributed by atoms with Crippen molar-refractivity contribution in [1.82, 2.24) is 10.6 Å². The Balaban J connectivity index is 0.00000450. The SMILES string of the molecule is CN=C(NCc1cc(OC)c(OC)c(OC)c1)NCc1ccc(N(C)C)cc1C.I. The molecule has 7 nitrogen and oxygen atoms in total. The molecule has 0 aliphatic heterocycles. The highest BCUT2D eigenvalue weighted by Gasteiger charge is 2.13. The van der Waals surface area contributed by atoms with Gasteiger partial charge in [0.05, 0.1) is 21.3 Å². The van der Waals surface area contributed by atoms with Crippen LogP contribution in [0.1, 0.15) is 16.7 Å². The number of hydrogen-bond donors (Lipinski definition) is 2. The van der Waals surface area contributed by atoms with Crippen LogP contribution in [0.5, 0.6) is 17.2 Å². The van der Waals surface area contributed by atoms with Gasteiger partial charge in [0.2, 0.25) is 5.75 Å². The monoisotopic (exact) mass is 528 g/mol. The molecule has 0 aliphatic rings. The van der Waals surface area contributed by atoms with Gasteiger partial charge in [0, 0.05) is 39.9 Å². The predicted molar refractivity (Wildman–Crippen MR) is 134 cm³/mol. The minimum absolute atomic E-state index is 0. The van der Waals surface area contributed by atoms with Gasteiger partial charge in [-0.1, -0.05) is 6.07 Å². The Kier molecular flexibility index (Phi) is 10.6. The lowest BCUT2D eigenvalue weighted by atomic mass is 10.1. The van der Waals surface area contributed by atoms with E-state index in [1.54, 1.807) is 28.4 Å². The number of hydrogen-bond acceptors (Lipinski definition) is 5. The Hall–Kier alpha value is -2.36. The zero-order valence-electron chi connectivity index (χ0n) is 18.8. The highest BCUT2D eigenvalue weighted by Crippen LogP contribution is 2.38. The van der Waals surface area contributed by atoms with Crippen LogP contribution in [0, 0.1) is 6.92 Å². The van der Waals surface area contributed by atoms with Crippen LogP contribution in [-0.4, -0.2) is 48.4 Å². The first kappa shape index (κ1) is 25.7. The number of guanidine groups is 1. The summed E-state index contributed by atoms with van der Waals surface area (Å²) in [6, 6.07) is 10.3. The standard InChI is InChI=1S/C22H32N4O3.HI/c1-15-10-18(26(3)4)9-8-17(15)14-25-22(23-2)24-13-16-11-19(27-5)21(29-7)20(12-16)28-6;/h8-12H,13-14H2,1-7H3,(H2,23,24,25);1H. The van der Waals surface area contributed by atoms with Crippen LogP contribution < -0.4 is 29.7 Å². The molecule has 0 saturated heterocycles. The summed E-state index contributed by atoms with van der Waals surface area (Å²) in [5.74, 6) is 2.55. The Morgan fingerprint density at radius 2 is 1.53 bits per heavy atom. The number of nitrogens with one attached hydrogen (secondary N) is 2. The fraction of sp³-hybridized carbons (Fsp3) is 0.409. The lowest BCUT2D eigenvalue weighted by Crippen LogP contribution is -2.36. The lowest BCUT2D eigenvalue weighted by Gasteiger charge is -2.17. The average Bonchev–Trinajstić information content (AvgIpc) is 2.73. The van der Waals surface area contributed by atoms with Crippen molar-refractivity contribution in [1.29, 1.82) is 0 Å². The molecule has 0 aliphatic carbocycles. The van der Waals surface area contributed by atoms with E-state index in [0.29, 0.717) is 30.3 Å². The van der Waals surface area contributed by atoms with Gasteiger partial charge in [-0.05, 0) is 47.9 Å². The molecule has 2 aromatic rings. The second-order valence-corrected chi connectivity index (χ2v) is 6.82. The molecule has 0 radical (unpaired) electrons. The molecule has 0 amide bonds. The van der Waals surface area contributed by atoms with Gasteiger partial charge in [-0.15, -0.1) is 24.0 Å². The molecular formula is C22H33IN4O3. The van der Waals surface area contributed by atoms with Gasteiger partial charge in [-0.2, -0.15) is 0 Å². The maximum absolute atomic E-state index is 5.42. The van der Waals surface area contributed by atoms with E-state index in [4.69, 9.17) is 14.2 Å². The number of nitrogens with zero attached hydrogens (tertiary/aromatic N) is 2. The van der Waals surface area contributed by atoms with E-state index in [0.717, 1.165) is 11.5 Å². The van der Waals surface area contributed by atoms with Crippen molar-refractivity contribution in [3.8, 4) is 17.2 Å². The van der Waals surface area contributed by atoms with Crippen molar-refractivity contribution in [2.75, 3.05) is 47.4 Å². The van der Waals surface area contributed by atoms with E-state index >= 15 is 0 Å². The lowest BCUT2D eigenvalue weighted by molar-refractivity contribution is 0.323. The molecule has 0 heterocycles. The van der Waals surface area contributed by atoms with Crippen molar-refractivity contribution >= 4 is 35.6 Å². The normalized spacial score (nSPS) is 10.7. The van der Waals surface area contributed by atoms with Gasteiger partial charge >= 0.3 is 0 Å². The number of methoxy groups -OCH3 is 3. The summed E-state index contributed by atoms with van der Waals surface area (Å²) >= 11 is 0. The van der Waals surface area contributed by atoms with Crippen LogP contribution in [0.25, 0.3) is 0 Å². The topological polar surface area (TPSA) is 67.4 Å². The molecule has 0 atom stereocenters. The summed E-state index contributed by atoms with van der Waals surface area (Å²) in [7, 11) is 10.7. The Morgan fingerprint density at radius 3 is 2.00 bits per heavy atom. The maximum atomic E-state index is 5.42. The molecule has 30 heavy (non-hydrogen) atoms. The summed E-state index contributed by atoms with van der Waals surface area (Å²) in [6.07, 6.45) is 0. The first-order valence-corrected chi connectivity index (χ1v) is 9.43. The van der Waals surface area contributed by atoms with E-state index in [1.165, 1.54) is 16.8 Å². The van der Waals surface area contributed by atoms with Crippen LogP contribution in [-0.2, 0) is 13.1 Å². The predicted octanol–water partition coefficient (Wildman–Crippen LogP) is 3.57. The summed E-state index contributed by atoms with van der Waals surface area (Å²) in [4.78, 5) is 6.41. The third-order valence-corrected chi connectivity index (χ3v) is 4.70. The first-order valence-electron chi connectivity index (χ1n) is 9.43. The van der Waals surface area contributed by atoms with Crippen molar-refractivity contribution in [3.05, 3.63) is 47.0 Å². The molecule has 0 bridgehead atoms. The molecule has 166 valence electrons. The Labute approximate surface area is 196 Å². The van der Waals surface area contributed by atoms with Crippen molar-refractivity contribution in [2.24, 2.45) is 4.99 Å². The molecule has 0 saturated carbocycles. The third-order valence-electron chi connectivity index (χ3n) is 4.70. The fourth-order valence-electron chi connectivity index (χ4n) is 2.98. The van der Waals surface area contributed by atoms with Gasteiger partial charge in [0.25, 0.3) is 0 Å². The quantitative estimate of drug-likeness (QED) is 0.311. The largest absolute Gasteiger partial charge is 0.493 e. The zero-order valence-corrected chi connectivity index (χ0v) is 21.2. The smallest absolute Gasteiger partial charge is 0.203 e. The highest BCUT2D eigenvalue weighted by atomic mass is 127. The summed E-state index contributed by atoms with van der Waals surface area (Å²) in [5.41, 5.74) is 4.65. The van der Waals surface area contributed by atoms with Crippen LogP contribution in [0.2, 0.25) is 0 Å². The minimum Gasteiger partial charge on any atom is -0.493 e. The van der Waals surface area contributed by atoms with E-state index in [2.05, 4.69) is 45.6 Å². The summed E-state index contributed by atoms with van der Waals surface area (Å²) in [5, 5.41) is 6.69. The molecular weight excluding hydrogens is 495 g/mol. The molecule has 0 fully saturated rings. The molecule has 0 unspecified atom stereocenters. The van der Waals surface area contributed by atoms with Crippen molar-refractivity contribution in [3.63, 3.8) is 0 Å². The number of aliphatic imine (C=N–C) groups is 1.